The summed E-state index contributed by atoms with van der Waals surface area (Å²) in [7, 11) is 0. The Balaban J connectivity index is 1.48. The topological polar surface area (TPSA) is 92.6 Å². The van der Waals surface area contributed by atoms with E-state index >= 15 is 0 Å². The highest BCUT2D eigenvalue weighted by Crippen LogP contribution is 2.44. The molecular weight excluding hydrogens is 567 g/mol. The maximum absolute atomic E-state index is 13.5. The Morgan fingerprint density at radius 2 is 1.60 bits per heavy atom. The Kier molecular flexibility index (Phi) is 9.39. The van der Waals surface area contributed by atoms with Crippen LogP contribution >= 0.6 is 23.1 Å². The van der Waals surface area contributed by atoms with Crippen LogP contribution in [0.3, 0.4) is 0 Å². The summed E-state index contributed by atoms with van der Waals surface area (Å²) in [6.07, 6.45) is 3.18. The van der Waals surface area contributed by atoms with E-state index in [1.165, 1.54) is 33.6 Å². The maximum atomic E-state index is 13.5. The SMILES string of the molecule is CCCCCOc1ccc(C2/C(=C(/O)c3ccc(C)cc3)C(=O)C(=O)N2c2nnc(SCc3ccc(C)cc3)s2)cc1. The maximum Gasteiger partial charge on any atom is 0.301 e. The number of hydrogen-bond acceptors (Lipinski definition) is 8. The van der Waals surface area contributed by atoms with Crippen molar-refractivity contribution >= 4 is 45.7 Å². The molecule has 0 saturated carbocycles. The molecule has 1 aromatic heterocycles. The van der Waals surface area contributed by atoms with Gasteiger partial charge in [0.05, 0.1) is 18.2 Å². The number of aryl methyl sites for hydroxylation is 2. The average Bonchev–Trinajstić information content (AvgIpc) is 3.57. The molecule has 1 atom stereocenters. The van der Waals surface area contributed by atoms with Crippen molar-refractivity contribution in [1.82, 2.24) is 10.2 Å². The van der Waals surface area contributed by atoms with E-state index in [-0.39, 0.29) is 11.3 Å². The normalized spacial score (nSPS) is 16.3. The smallest absolute Gasteiger partial charge is 0.301 e. The van der Waals surface area contributed by atoms with Crippen molar-refractivity contribution in [3.63, 3.8) is 0 Å². The van der Waals surface area contributed by atoms with Gasteiger partial charge in [-0.3, -0.25) is 14.5 Å². The van der Waals surface area contributed by atoms with Crippen LogP contribution in [0.4, 0.5) is 5.13 Å². The zero-order chi connectivity index (χ0) is 29.6. The summed E-state index contributed by atoms with van der Waals surface area (Å²) in [5, 5.41) is 20.3. The highest BCUT2D eigenvalue weighted by atomic mass is 32.2. The van der Waals surface area contributed by atoms with Crippen molar-refractivity contribution in [3.05, 3.63) is 106 Å². The van der Waals surface area contributed by atoms with Crippen molar-refractivity contribution in [2.75, 3.05) is 11.5 Å². The first-order valence-corrected chi connectivity index (χ1v) is 15.8. The molecule has 4 aromatic rings. The van der Waals surface area contributed by atoms with Crippen LogP contribution < -0.4 is 9.64 Å². The second-order valence-corrected chi connectivity index (χ2v) is 12.5. The molecule has 1 amide bonds. The van der Waals surface area contributed by atoms with E-state index in [9.17, 15) is 14.7 Å². The van der Waals surface area contributed by atoms with Crippen molar-refractivity contribution in [2.24, 2.45) is 0 Å². The molecule has 1 unspecified atom stereocenters. The summed E-state index contributed by atoms with van der Waals surface area (Å²) < 4.78 is 6.56. The van der Waals surface area contributed by atoms with Crippen LogP contribution in [0.5, 0.6) is 5.75 Å². The fraction of sp³-hybridized carbons (Fsp3) is 0.273. The number of Topliss-reactive ketones (excluding diaryl/α,β-unsaturated/α-hetero) is 1. The minimum absolute atomic E-state index is 0.0181. The lowest BCUT2D eigenvalue weighted by molar-refractivity contribution is -0.132. The van der Waals surface area contributed by atoms with Crippen LogP contribution in [0.25, 0.3) is 5.76 Å². The molecule has 0 radical (unpaired) electrons. The molecule has 7 nitrogen and oxygen atoms in total. The van der Waals surface area contributed by atoms with Crippen LogP contribution in [-0.4, -0.2) is 33.6 Å². The molecular formula is C33H33N3O4S2. The van der Waals surface area contributed by atoms with Crippen molar-refractivity contribution in [3.8, 4) is 5.75 Å². The number of aliphatic hydroxyl groups excluding tert-OH is 1. The van der Waals surface area contributed by atoms with Gasteiger partial charge in [-0.05, 0) is 43.5 Å². The quantitative estimate of drug-likeness (QED) is 0.0473. The molecule has 1 aliphatic heterocycles. The number of rotatable bonds is 11. The largest absolute Gasteiger partial charge is 0.507 e. The summed E-state index contributed by atoms with van der Waals surface area (Å²) in [6.45, 7) is 6.75. The first-order valence-electron chi connectivity index (χ1n) is 14.0. The number of carbonyl (C=O) groups is 2. The van der Waals surface area contributed by atoms with E-state index in [0.29, 0.717) is 38.7 Å². The highest BCUT2D eigenvalue weighted by Gasteiger charge is 2.48. The highest BCUT2D eigenvalue weighted by molar-refractivity contribution is 8.00. The minimum atomic E-state index is -0.872. The summed E-state index contributed by atoms with van der Waals surface area (Å²) in [6, 6.07) is 21.9. The fourth-order valence-corrected chi connectivity index (χ4v) is 6.51. The van der Waals surface area contributed by atoms with Crippen molar-refractivity contribution in [1.29, 1.82) is 0 Å². The number of ketones is 1. The second kappa shape index (κ2) is 13.4. The number of carbonyl (C=O) groups excluding carboxylic acids is 2. The molecule has 1 N–H and O–H groups in total. The number of ether oxygens (including phenoxy) is 1. The van der Waals surface area contributed by atoms with Gasteiger partial charge in [-0.25, -0.2) is 0 Å². The van der Waals surface area contributed by atoms with E-state index in [0.717, 1.165) is 30.4 Å². The minimum Gasteiger partial charge on any atom is -0.507 e. The van der Waals surface area contributed by atoms with Gasteiger partial charge in [0, 0.05) is 11.3 Å². The van der Waals surface area contributed by atoms with Gasteiger partial charge in [0.15, 0.2) is 4.34 Å². The third-order valence-corrected chi connectivity index (χ3v) is 9.19. The molecule has 0 bridgehead atoms. The van der Waals surface area contributed by atoms with Gasteiger partial charge < -0.3 is 9.84 Å². The van der Waals surface area contributed by atoms with Crippen LogP contribution in [-0.2, 0) is 15.3 Å². The van der Waals surface area contributed by atoms with Gasteiger partial charge in [-0.1, -0.05) is 115 Å². The average molecular weight is 600 g/mol. The lowest BCUT2D eigenvalue weighted by atomic mass is 9.95. The molecule has 216 valence electrons. The molecule has 42 heavy (non-hydrogen) atoms. The molecule has 3 aromatic carbocycles. The zero-order valence-corrected chi connectivity index (χ0v) is 25.5. The third-order valence-electron chi connectivity index (χ3n) is 7.07. The van der Waals surface area contributed by atoms with Crippen molar-refractivity contribution in [2.45, 2.75) is 56.2 Å². The molecule has 1 saturated heterocycles. The van der Waals surface area contributed by atoms with Crippen LogP contribution in [0.2, 0.25) is 0 Å². The van der Waals surface area contributed by atoms with E-state index in [1.54, 1.807) is 12.1 Å². The number of aromatic nitrogens is 2. The Morgan fingerprint density at radius 3 is 2.26 bits per heavy atom. The standard InChI is InChI=1S/C33H33N3O4S2/c1-4-5-6-19-40-26-17-15-24(16-18-26)28-27(29(37)25-13-9-22(3)10-14-25)30(38)31(39)36(28)32-34-35-33(42-32)41-20-23-11-7-21(2)8-12-23/h7-18,28,37H,4-6,19-20H2,1-3H3/b29-27-. The number of thioether (sulfide) groups is 1. The van der Waals surface area contributed by atoms with E-state index in [1.807, 2.05) is 50.2 Å². The van der Waals surface area contributed by atoms with E-state index in [2.05, 4.69) is 41.4 Å². The molecule has 5 rings (SSSR count). The Bertz CT molecular complexity index is 1580. The third kappa shape index (κ3) is 6.58. The summed E-state index contributed by atoms with van der Waals surface area (Å²) in [4.78, 5) is 28.4. The van der Waals surface area contributed by atoms with Crippen LogP contribution in [0.15, 0.2) is 82.7 Å². The summed E-state index contributed by atoms with van der Waals surface area (Å²) >= 11 is 2.77. The van der Waals surface area contributed by atoms with Gasteiger partial charge in [-0.15, -0.1) is 10.2 Å². The first kappa shape index (κ1) is 29.5. The van der Waals surface area contributed by atoms with Crippen LogP contribution in [0, 0.1) is 13.8 Å². The summed E-state index contributed by atoms with van der Waals surface area (Å²) in [5.74, 6) is -0.332. The Morgan fingerprint density at radius 1 is 0.929 bits per heavy atom. The van der Waals surface area contributed by atoms with Crippen molar-refractivity contribution < 1.29 is 19.4 Å². The number of amides is 1. The van der Waals surface area contributed by atoms with Gasteiger partial charge in [0.25, 0.3) is 5.78 Å². The van der Waals surface area contributed by atoms with Gasteiger partial charge in [0.2, 0.25) is 5.13 Å². The predicted octanol–water partition coefficient (Wildman–Crippen LogP) is 7.64. The molecule has 0 aliphatic carbocycles. The number of nitrogens with zero attached hydrogens (tertiary/aromatic N) is 3. The summed E-state index contributed by atoms with van der Waals surface area (Å²) in [5.41, 5.74) is 4.50. The van der Waals surface area contributed by atoms with Gasteiger partial charge in [-0.2, -0.15) is 0 Å². The molecule has 1 fully saturated rings. The number of unbranched alkanes of at least 4 members (excludes halogenated alkanes) is 2. The Hall–Kier alpha value is -3.95. The molecule has 2 heterocycles. The number of hydrogen-bond donors (Lipinski definition) is 1. The van der Waals surface area contributed by atoms with E-state index in [4.69, 9.17) is 4.74 Å². The number of anilines is 1. The van der Waals surface area contributed by atoms with E-state index < -0.39 is 17.7 Å². The fourth-order valence-electron chi connectivity index (χ4n) is 4.69. The Labute approximate surface area is 254 Å². The van der Waals surface area contributed by atoms with Crippen LogP contribution in [0.1, 0.15) is 60.0 Å². The lowest BCUT2D eigenvalue weighted by Gasteiger charge is -2.22. The first-order chi connectivity index (χ1) is 20.4. The van der Waals surface area contributed by atoms with Gasteiger partial charge >= 0.3 is 5.91 Å². The predicted molar refractivity (Wildman–Crippen MR) is 168 cm³/mol. The molecule has 1 aliphatic rings. The second-order valence-electron chi connectivity index (χ2n) is 10.3. The monoisotopic (exact) mass is 599 g/mol. The lowest BCUT2D eigenvalue weighted by Crippen LogP contribution is -2.29. The van der Waals surface area contributed by atoms with Gasteiger partial charge in [0.1, 0.15) is 11.5 Å². The molecule has 9 heteroatoms. The number of benzene rings is 3. The number of aliphatic hydroxyl groups is 1. The molecule has 0 spiro atoms. The zero-order valence-electron chi connectivity index (χ0n) is 23.9.